The Hall–Kier alpha value is -1.55. The summed E-state index contributed by atoms with van der Waals surface area (Å²) in [4.78, 5) is 13.7. The number of hydrogen-bond acceptors (Lipinski definition) is 3. The quantitative estimate of drug-likeness (QED) is 0.742. The van der Waals surface area contributed by atoms with Gasteiger partial charge in [0.15, 0.2) is 0 Å². The predicted octanol–water partition coefficient (Wildman–Crippen LogP) is 2.29. The molecule has 0 aliphatic carbocycles. The normalized spacial score (nSPS) is 11.2. The second-order valence-corrected chi connectivity index (χ2v) is 5.88. The van der Waals surface area contributed by atoms with Gasteiger partial charge in [-0.05, 0) is 30.5 Å². The van der Waals surface area contributed by atoms with Crippen molar-refractivity contribution in [2.75, 3.05) is 26.7 Å². The summed E-state index contributed by atoms with van der Waals surface area (Å²) in [5.74, 6) is 0.987. The van der Waals surface area contributed by atoms with Gasteiger partial charge < -0.3 is 15.4 Å². The molecule has 0 bridgehead atoms. The molecule has 0 aliphatic rings. The van der Waals surface area contributed by atoms with Crippen molar-refractivity contribution in [1.29, 1.82) is 0 Å². The van der Waals surface area contributed by atoms with Gasteiger partial charge in [0.25, 0.3) is 0 Å². The van der Waals surface area contributed by atoms with E-state index < -0.39 is 0 Å². The van der Waals surface area contributed by atoms with E-state index in [1.165, 1.54) is 0 Å². The minimum atomic E-state index is -0.0368. The Morgan fingerprint density at radius 1 is 1.30 bits per heavy atom. The van der Waals surface area contributed by atoms with Gasteiger partial charge in [-0.1, -0.05) is 32.0 Å². The molecule has 0 atom stereocenters. The van der Waals surface area contributed by atoms with Crippen molar-refractivity contribution in [1.82, 2.24) is 4.90 Å². The fraction of sp³-hybridized carbons (Fsp3) is 0.562. The van der Waals surface area contributed by atoms with Gasteiger partial charge in [-0.25, -0.2) is 0 Å². The molecule has 4 heteroatoms. The highest BCUT2D eigenvalue weighted by Gasteiger charge is 2.20. The van der Waals surface area contributed by atoms with Crippen LogP contribution in [-0.2, 0) is 4.79 Å². The second-order valence-electron chi connectivity index (χ2n) is 5.88. The summed E-state index contributed by atoms with van der Waals surface area (Å²) >= 11 is 0. The largest absolute Gasteiger partial charge is 0.494 e. The molecule has 1 amide bonds. The molecule has 1 rings (SSSR count). The van der Waals surface area contributed by atoms with Crippen LogP contribution in [0.2, 0.25) is 0 Å². The lowest BCUT2D eigenvalue weighted by Crippen LogP contribution is -2.39. The molecule has 4 nitrogen and oxygen atoms in total. The molecular weight excluding hydrogens is 252 g/mol. The Balaban J connectivity index is 2.23. The third kappa shape index (κ3) is 6.06. The first-order valence-electron chi connectivity index (χ1n) is 7.06. The molecule has 0 spiro atoms. The molecule has 0 saturated carbocycles. The van der Waals surface area contributed by atoms with Crippen LogP contribution < -0.4 is 10.5 Å². The van der Waals surface area contributed by atoms with E-state index in [9.17, 15) is 4.79 Å². The van der Waals surface area contributed by atoms with Gasteiger partial charge in [-0.2, -0.15) is 0 Å². The summed E-state index contributed by atoms with van der Waals surface area (Å²) in [6, 6.07) is 9.65. The molecule has 0 radical (unpaired) electrons. The molecule has 20 heavy (non-hydrogen) atoms. The summed E-state index contributed by atoms with van der Waals surface area (Å²) in [7, 11) is 1.83. The third-order valence-corrected chi connectivity index (χ3v) is 3.19. The zero-order valence-electron chi connectivity index (χ0n) is 12.8. The van der Waals surface area contributed by atoms with Crippen molar-refractivity contribution >= 4 is 5.91 Å². The number of amides is 1. The number of rotatable bonds is 8. The molecule has 0 aromatic heterocycles. The number of carbonyl (C=O) groups excluding carboxylic acids is 1. The first kappa shape index (κ1) is 16.5. The highest BCUT2D eigenvalue weighted by molar-refractivity contribution is 5.75. The molecule has 1 aromatic rings. The van der Waals surface area contributed by atoms with E-state index in [0.29, 0.717) is 26.1 Å². The number of ether oxygens (including phenoxy) is 1. The first-order valence-corrected chi connectivity index (χ1v) is 7.06. The minimum absolute atomic E-state index is 0.0368. The average molecular weight is 278 g/mol. The molecule has 0 heterocycles. The van der Waals surface area contributed by atoms with Gasteiger partial charge in [0, 0.05) is 20.0 Å². The fourth-order valence-electron chi connectivity index (χ4n) is 1.92. The van der Waals surface area contributed by atoms with E-state index in [2.05, 4.69) is 13.8 Å². The highest BCUT2D eigenvalue weighted by Crippen LogP contribution is 2.15. The minimum Gasteiger partial charge on any atom is -0.494 e. The van der Waals surface area contributed by atoms with Crippen LogP contribution >= 0.6 is 0 Å². The van der Waals surface area contributed by atoms with Gasteiger partial charge in [-0.15, -0.1) is 0 Å². The Morgan fingerprint density at radius 3 is 2.55 bits per heavy atom. The van der Waals surface area contributed by atoms with Crippen LogP contribution in [0.25, 0.3) is 0 Å². The zero-order chi connectivity index (χ0) is 15.0. The van der Waals surface area contributed by atoms with Gasteiger partial charge in [-0.3, -0.25) is 4.79 Å². The van der Waals surface area contributed by atoms with Crippen LogP contribution in [0, 0.1) is 5.41 Å². The number of nitrogens with zero attached hydrogens (tertiary/aromatic N) is 1. The molecule has 1 aromatic carbocycles. The smallest absolute Gasteiger partial charge is 0.222 e. The lowest BCUT2D eigenvalue weighted by molar-refractivity contribution is -0.131. The lowest BCUT2D eigenvalue weighted by Gasteiger charge is -2.29. The van der Waals surface area contributed by atoms with Gasteiger partial charge in [0.2, 0.25) is 5.91 Å². The first-order chi connectivity index (χ1) is 9.44. The van der Waals surface area contributed by atoms with E-state index in [1.54, 1.807) is 4.90 Å². The number of carbonyl (C=O) groups is 1. The molecule has 0 fully saturated rings. The van der Waals surface area contributed by atoms with Crippen LogP contribution in [0.1, 0.15) is 26.7 Å². The van der Waals surface area contributed by atoms with Crippen molar-refractivity contribution in [3.05, 3.63) is 30.3 Å². The lowest BCUT2D eigenvalue weighted by atomic mass is 9.93. The van der Waals surface area contributed by atoms with Crippen molar-refractivity contribution in [2.45, 2.75) is 26.7 Å². The van der Waals surface area contributed by atoms with E-state index >= 15 is 0 Å². The number of nitrogens with two attached hydrogens (primary N) is 1. The number of para-hydroxylation sites is 1. The maximum atomic E-state index is 12.0. The van der Waals surface area contributed by atoms with Crippen LogP contribution in [0.3, 0.4) is 0 Å². The fourth-order valence-corrected chi connectivity index (χ4v) is 1.92. The van der Waals surface area contributed by atoms with Gasteiger partial charge in [0.05, 0.1) is 6.61 Å². The maximum absolute atomic E-state index is 12.0. The standard InChI is InChI=1S/C16H26N2O2/c1-16(2,12-17)13-18(3)15(19)10-7-11-20-14-8-5-4-6-9-14/h4-6,8-9H,7,10-13,17H2,1-3H3. The summed E-state index contributed by atoms with van der Waals surface area (Å²) in [5, 5.41) is 0. The van der Waals surface area contributed by atoms with Crippen LogP contribution in [0.4, 0.5) is 0 Å². The monoisotopic (exact) mass is 278 g/mol. The predicted molar refractivity (Wildman–Crippen MR) is 81.6 cm³/mol. The molecule has 0 unspecified atom stereocenters. The number of benzene rings is 1. The molecule has 0 saturated heterocycles. The van der Waals surface area contributed by atoms with Gasteiger partial charge >= 0.3 is 0 Å². The third-order valence-electron chi connectivity index (χ3n) is 3.19. The summed E-state index contributed by atoms with van der Waals surface area (Å²) < 4.78 is 5.57. The Bertz CT molecular complexity index is 404. The van der Waals surface area contributed by atoms with Crippen LogP contribution in [0.15, 0.2) is 30.3 Å². The summed E-state index contributed by atoms with van der Waals surface area (Å²) in [6.07, 6.45) is 1.23. The highest BCUT2D eigenvalue weighted by atomic mass is 16.5. The SMILES string of the molecule is CN(CC(C)(C)CN)C(=O)CCCOc1ccccc1. The van der Waals surface area contributed by atoms with Gasteiger partial charge in [0.1, 0.15) is 5.75 Å². The average Bonchev–Trinajstić information content (AvgIpc) is 2.44. The summed E-state index contributed by atoms with van der Waals surface area (Å²) in [6.45, 7) is 5.94. The Kier molecular flexibility index (Phi) is 6.52. The molecule has 112 valence electrons. The molecule has 0 aliphatic heterocycles. The van der Waals surface area contributed by atoms with Crippen LogP contribution in [0.5, 0.6) is 5.75 Å². The van der Waals surface area contributed by atoms with Crippen molar-refractivity contribution in [3.8, 4) is 5.75 Å². The maximum Gasteiger partial charge on any atom is 0.222 e. The van der Waals surface area contributed by atoms with E-state index in [1.807, 2.05) is 37.4 Å². The van der Waals surface area contributed by atoms with Crippen molar-refractivity contribution < 1.29 is 9.53 Å². The van der Waals surface area contributed by atoms with Crippen molar-refractivity contribution in [3.63, 3.8) is 0 Å². The Morgan fingerprint density at radius 2 is 1.95 bits per heavy atom. The zero-order valence-corrected chi connectivity index (χ0v) is 12.8. The second kappa shape index (κ2) is 7.90. The van der Waals surface area contributed by atoms with E-state index in [0.717, 1.165) is 12.2 Å². The topological polar surface area (TPSA) is 55.6 Å². The summed E-state index contributed by atoms with van der Waals surface area (Å²) in [5.41, 5.74) is 5.65. The van der Waals surface area contributed by atoms with E-state index in [-0.39, 0.29) is 11.3 Å². The Labute approximate surface area is 121 Å². The van der Waals surface area contributed by atoms with Crippen molar-refractivity contribution in [2.24, 2.45) is 11.1 Å². The number of hydrogen-bond donors (Lipinski definition) is 1. The van der Waals surface area contributed by atoms with E-state index in [4.69, 9.17) is 10.5 Å². The molecular formula is C16H26N2O2. The van der Waals surface area contributed by atoms with Crippen LogP contribution in [-0.4, -0.2) is 37.6 Å². The molecule has 2 N–H and O–H groups in total.